The summed E-state index contributed by atoms with van der Waals surface area (Å²) in [6, 6.07) is 9.67. The second-order valence-electron chi connectivity index (χ2n) is 3.85. The van der Waals surface area contributed by atoms with Crippen molar-refractivity contribution in [1.82, 2.24) is 0 Å². The Kier molecular flexibility index (Phi) is 3.15. The van der Waals surface area contributed by atoms with E-state index in [0.717, 1.165) is 17.6 Å². The van der Waals surface area contributed by atoms with Gasteiger partial charge in [-0.05, 0) is 12.0 Å². The molecule has 0 heterocycles. The van der Waals surface area contributed by atoms with Crippen LogP contribution in [0.25, 0.3) is 0 Å². The van der Waals surface area contributed by atoms with Crippen LogP contribution in [0, 0.1) is 10.1 Å². The second kappa shape index (κ2) is 4.75. The number of hydrogen-bond donors (Lipinski definition) is 0. The minimum Gasteiger partial charge on any atom is -0.265 e. The monoisotopic (exact) mass is 215 g/mol. The molecule has 0 aliphatic heterocycles. The second-order valence-corrected chi connectivity index (χ2v) is 3.85. The van der Waals surface area contributed by atoms with E-state index >= 15 is 0 Å². The molecule has 1 atom stereocenters. The van der Waals surface area contributed by atoms with Crippen LogP contribution in [-0.4, -0.2) is 11.5 Å². The molecule has 0 amide bonds. The third kappa shape index (κ3) is 2.37. The number of nitro groups is 1. The standard InChI is InChI=1S/C13H13NO2/c15-14(16)10-13(12-8-4-5-9-12)11-6-2-1-3-7-11/h1-8,13H,9-10H2. The molecule has 0 spiro atoms. The van der Waals surface area contributed by atoms with Crippen LogP contribution in [0.5, 0.6) is 0 Å². The molecule has 1 aliphatic rings. The Bertz CT molecular complexity index is 435. The van der Waals surface area contributed by atoms with E-state index in [9.17, 15) is 10.1 Å². The average Bonchev–Trinajstić information content (AvgIpc) is 2.80. The molecule has 1 aromatic rings. The SMILES string of the molecule is O=[N+]([O-])CC(C1=CC=CC1)c1ccccc1. The minimum atomic E-state index is -0.239. The molecule has 0 saturated heterocycles. The molecular formula is C13H13NO2. The topological polar surface area (TPSA) is 43.1 Å². The van der Waals surface area contributed by atoms with Gasteiger partial charge in [-0.2, -0.15) is 0 Å². The number of hydrogen-bond acceptors (Lipinski definition) is 2. The largest absolute Gasteiger partial charge is 0.265 e. The molecule has 3 nitrogen and oxygen atoms in total. The third-order valence-corrected chi connectivity index (χ3v) is 2.78. The predicted molar refractivity (Wildman–Crippen MR) is 62.9 cm³/mol. The smallest absolute Gasteiger partial charge is 0.214 e. The van der Waals surface area contributed by atoms with E-state index in [4.69, 9.17) is 0 Å². The molecule has 82 valence electrons. The molecule has 0 aromatic heterocycles. The maximum atomic E-state index is 10.7. The van der Waals surface area contributed by atoms with Gasteiger partial charge in [0.05, 0.1) is 5.92 Å². The molecule has 0 bridgehead atoms. The minimum absolute atomic E-state index is 0.0302. The highest BCUT2D eigenvalue weighted by Crippen LogP contribution is 2.29. The van der Waals surface area contributed by atoms with Crippen LogP contribution in [0.2, 0.25) is 0 Å². The lowest BCUT2D eigenvalue weighted by Crippen LogP contribution is -2.14. The summed E-state index contributed by atoms with van der Waals surface area (Å²) < 4.78 is 0. The first-order valence-corrected chi connectivity index (χ1v) is 5.29. The van der Waals surface area contributed by atoms with Gasteiger partial charge in [0, 0.05) is 4.92 Å². The lowest BCUT2D eigenvalue weighted by Gasteiger charge is -2.14. The number of allylic oxidation sites excluding steroid dienone is 3. The first-order valence-electron chi connectivity index (χ1n) is 5.29. The molecule has 0 fully saturated rings. The van der Waals surface area contributed by atoms with Gasteiger partial charge in [-0.25, -0.2) is 0 Å². The van der Waals surface area contributed by atoms with Crippen LogP contribution in [0.4, 0.5) is 0 Å². The highest BCUT2D eigenvalue weighted by Gasteiger charge is 2.22. The zero-order chi connectivity index (χ0) is 11.4. The molecule has 0 saturated carbocycles. The zero-order valence-electron chi connectivity index (χ0n) is 8.87. The van der Waals surface area contributed by atoms with Crippen molar-refractivity contribution in [3.05, 3.63) is 69.8 Å². The Balaban J connectivity index is 2.24. The van der Waals surface area contributed by atoms with Crippen molar-refractivity contribution in [3.8, 4) is 0 Å². The van der Waals surface area contributed by atoms with Gasteiger partial charge < -0.3 is 0 Å². The zero-order valence-corrected chi connectivity index (χ0v) is 8.87. The summed E-state index contributed by atoms with van der Waals surface area (Å²) >= 11 is 0. The van der Waals surface area contributed by atoms with E-state index in [1.54, 1.807) is 0 Å². The average molecular weight is 215 g/mol. The maximum absolute atomic E-state index is 10.7. The fourth-order valence-corrected chi connectivity index (χ4v) is 1.99. The molecule has 0 N–H and O–H groups in total. The van der Waals surface area contributed by atoms with Crippen LogP contribution < -0.4 is 0 Å². The van der Waals surface area contributed by atoms with Crippen molar-refractivity contribution in [2.75, 3.05) is 6.54 Å². The van der Waals surface area contributed by atoms with Gasteiger partial charge in [0.1, 0.15) is 0 Å². The molecule has 1 unspecified atom stereocenters. The summed E-state index contributed by atoms with van der Waals surface area (Å²) in [7, 11) is 0. The number of nitrogens with zero attached hydrogens (tertiary/aromatic N) is 1. The van der Waals surface area contributed by atoms with Crippen molar-refractivity contribution >= 4 is 0 Å². The Morgan fingerprint density at radius 3 is 2.62 bits per heavy atom. The number of benzene rings is 1. The van der Waals surface area contributed by atoms with Gasteiger partial charge in [0.2, 0.25) is 6.54 Å². The quantitative estimate of drug-likeness (QED) is 0.572. The van der Waals surface area contributed by atoms with Crippen molar-refractivity contribution in [2.24, 2.45) is 0 Å². The maximum Gasteiger partial charge on any atom is 0.214 e. The molecular weight excluding hydrogens is 202 g/mol. The van der Waals surface area contributed by atoms with Gasteiger partial charge in [-0.15, -0.1) is 0 Å². The highest BCUT2D eigenvalue weighted by molar-refractivity contribution is 5.35. The van der Waals surface area contributed by atoms with Gasteiger partial charge in [-0.3, -0.25) is 10.1 Å². The van der Waals surface area contributed by atoms with Gasteiger partial charge in [-0.1, -0.05) is 54.1 Å². The molecule has 1 aliphatic carbocycles. The van der Waals surface area contributed by atoms with Crippen LogP contribution in [0.3, 0.4) is 0 Å². The molecule has 16 heavy (non-hydrogen) atoms. The summed E-state index contributed by atoms with van der Waals surface area (Å²) in [6.45, 7) is -0.0302. The third-order valence-electron chi connectivity index (χ3n) is 2.78. The van der Waals surface area contributed by atoms with E-state index in [2.05, 4.69) is 0 Å². The normalized spacial score (nSPS) is 15.9. The van der Waals surface area contributed by atoms with Gasteiger partial charge >= 0.3 is 0 Å². The fraction of sp³-hybridized carbons (Fsp3) is 0.231. The Morgan fingerprint density at radius 1 is 1.31 bits per heavy atom. The summed E-state index contributed by atoms with van der Waals surface area (Å²) in [5.74, 6) is -0.0915. The summed E-state index contributed by atoms with van der Waals surface area (Å²) in [6.07, 6.45) is 6.81. The summed E-state index contributed by atoms with van der Waals surface area (Å²) in [5.41, 5.74) is 2.15. The molecule has 0 radical (unpaired) electrons. The number of rotatable bonds is 4. The highest BCUT2D eigenvalue weighted by atomic mass is 16.6. The van der Waals surface area contributed by atoms with Crippen molar-refractivity contribution in [1.29, 1.82) is 0 Å². The molecule has 3 heteroatoms. The predicted octanol–water partition coefficient (Wildman–Crippen LogP) is 2.93. The Morgan fingerprint density at radius 2 is 2.06 bits per heavy atom. The van der Waals surface area contributed by atoms with E-state index < -0.39 is 0 Å². The van der Waals surface area contributed by atoms with Crippen LogP contribution in [0.1, 0.15) is 17.9 Å². The van der Waals surface area contributed by atoms with Gasteiger partial charge in [0.15, 0.2) is 0 Å². The first-order chi connectivity index (χ1) is 7.77. The lowest BCUT2D eigenvalue weighted by molar-refractivity contribution is -0.482. The van der Waals surface area contributed by atoms with Crippen LogP contribution in [0.15, 0.2) is 54.1 Å². The Hall–Kier alpha value is -1.90. The van der Waals surface area contributed by atoms with E-state index in [0.29, 0.717) is 0 Å². The fourth-order valence-electron chi connectivity index (χ4n) is 1.99. The Labute approximate surface area is 94.3 Å². The van der Waals surface area contributed by atoms with E-state index in [1.165, 1.54) is 0 Å². The van der Waals surface area contributed by atoms with Crippen molar-refractivity contribution < 1.29 is 4.92 Å². The molecule has 2 rings (SSSR count). The first kappa shape index (κ1) is 10.6. The summed E-state index contributed by atoms with van der Waals surface area (Å²) in [5, 5.41) is 10.7. The van der Waals surface area contributed by atoms with Crippen LogP contribution >= 0.6 is 0 Å². The lowest BCUT2D eigenvalue weighted by atomic mass is 9.90. The van der Waals surface area contributed by atoms with Crippen molar-refractivity contribution in [3.63, 3.8) is 0 Å². The van der Waals surface area contributed by atoms with Gasteiger partial charge in [0.25, 0.3) is 0 Å². The van der Waals surface area contributed by atoms with E-state index in [1.807, 2.05) is 48.6 Å². The molecule has 1 aromatic carbocycles. The van der Waals surface area contributed by atoms with Crippen molar-refractivity contribution in [2.45, 2.75) is 12.3 Å². The van der Waals surface area contributed by atoms with E-state index in [-0.39, 0.29) is 17.4 Å². The summed E-state index contributed by atoms with van der Waals surface area (Å²) in [4.78, 5) is 10.5. The van der Waals surface area contributed by atoms with Crippen LogP contribution in [-0.2, 0) is 0 Å².